The molecule has 0 saturated carbocycles. The van der Waals surface area contributed by atoms with Crippen LogP contribution in [0.1, 0.15) is 156 Å². The average molecular weight is 1170 g/mol. The van der Waals surface area contributed by atoms with Gasteiger partial charge in [-0.3, -0.25) is 4.98 Å². The maximum absolute atomic E-state index is 7.17. The Morgan fingerprint density at radius 2 is 1.13 bits per heavy atom. The molecule has 0 spiro atoms. The van der Waals surface area contributed by atoms with Gasteiger partial charge in [0, 0.05) is 37.4 Å². The number of furan rings is 1. The second-order valence-electron chi connectivity index (χ2n) is 25.0. The Balaban J connectivity index is 0.000000375. The fourth-order valence-electron chi connectivity index (χ4n) is 10.1. The first-order chi connectivity index (χ1) is 34.9. The van der Waals surface area contributed by atoms with Gasteiger partial charge in [0.1, 0.15) is 5.58 Å². The van der Waals surface area contributed by atoms with Crippen LogP contribution in [0.3, 0.4) is 0 Å². The fourth-order valence-corrected chi connectivity index (χ4v) is 10.1. The van der Waals surface area contributed by atoms with Crippen molar-refractivity contribution in [2.24, 2.45) is 0 Å². The molecule has 1 radical (unpaired) electrons. The zero-order chi connectivity index (χ0) is 53.1. The molecule has 0 aliphatic heterocycles. The topological polar surface area (TPSA) is 43.9 Å². The molecule has 3 heterocycles. The molecule has 3 aromatic heterocycles. The quantitative estimate of drug-likeness (QED) is 0.149. The molecule has 387 valence electrons. The van der Waals surface area contributed by atoms with Crippen LogP contribution in [0.2, 0.25) is 0 Å². The van der Waals surface area contributed by atoms with Crippen LogP contribution in [0.5, 0.6) is 0 Å². The van der Waals surface area contributed by atoms with E-state index in [1.807, 2.05) is 30.5 Å². The van der Waals surface area contributed by atoms with E-state index >= 15 is 0 Å². The molecule has 10 aromatic rings. The smallest absolute Gasteiger partial charge is 0.121 e. The van der Waals surface area contributed by atoms with Crippen LogP contribution in [0, 0.1) is 12.1 Å². The van der Waals surface area contributed by atoms with Gasteiger partial charge in [-0.1, -0.05) is 201 Å². The second-order valence-corrected chi connectivity index (χ2v) is 25.0. The number of para-hydroxylation sites is 2. The van der Waals surface area contributed by atoms with Gasteiger partial charge in [0.25, 0.3) is 0 Å². The molecule has 4 nitrogen and oxygen atoms in total. The van der Waals surface area contributed by atoms with E-state index in [-0.39, 0.29) is 53.6 Å². The van der Waals surface area contributed by atoms with Gasteiger partial charge in [-0.2, -0.15) is 0 Å². The summed E-state index contributed by atoms with van der Waals surface area (Å²) in [5.74, 6) is 1.37. The zero-order valence-electron chi connectivity index (χ0n) is 47.2. The maximum Gasteiger partial charge on any atom is 0.121 e. The summed E-state index contributed by atoms with van der Waals surface area (Å²) in [4.78, 5) is 9.85. The number of benzene rings is 7. The van der Waals surface area contributed by atoms with Gasteiger partial charge in [-0.05, 0) is 126 Å². The van der Waals surface area contributed by atoms with Gasteiger partial charge in [-0.15, -0.1) is 53.6 Å². The summed E-state index contributed by atoms with van der Waals surface area (Å²) in [5, 5.41) is 2.25. The molecule has 0 aliphatic carbocycles. The molecule has 0 fully saturated rings. The number of hydrogen-bond acceptors (Lipinski definition) is 3. The molecule has 0 unspecified atom stereocenters. The SMILES string of the molecule is CC(C)(C)c1ccnc(-c2[c-]cccc2)c1.CC(C)c1cc(-c2ccccc2)cc(C(C)C)c1-n1c(-c2[c-]cc(C(C)(C)C)c3c2oc2cc(-c4cc(C(C)(C)C)cc(C(C)(C)C)c4)ccc23)nc2ccccc21.[Ir]. The summed E-state index contributed by atoms with van der Waals surface area (Å²) in [6, 6.07) is 59.3. The molecule has 0 bridgehead atoms. The third-order valence-corrected chi connectivity index (χ3v) is 14.5. The van der Waals surface area contributed by atoms with E-state index < -0.39 is 0 Å². The third-order valence-electron chi connectivity index (χ3n) is 14.5. The first-order valence-corrected chi connectivity index (χ1v) is 26.6. The number of pyridine rings is 1. The van der Waals surface area contributed by atoms with Crippen molar-refractivity contribution in [1.29, 1.82) is 0 Å². The van der Waals surface area contributed by atoms with Gasteiger partial charge in [0.15, 0.2) is 0 Å². The van der Waals surface area contributed by atoms with Crippen molar-refractivity contribution in [2.75, 3.05) is 0 Å². The van der Waals surface area contributed by atoms with Gasteiger partial charge in [-0.25, -0.2) is 0 Å². The first kappa shape index (κ1) is 54.9. The normalized spacial score (nSPS) is 12.4. The van der Waals surface area contributed by atoms with Crippen LogP contribution in [-0.4, -0.2) is 14.5 Å². The molecule has 5 heteroatoms. The average Bonchev–Trinajstić information content (AvgIpc) is 3.94. The van der Waals surface area contributed by atoms with Gasteiger partial charge in [0.2, 0.25) is 0 Å². The summed E-state index contributed by atoms with van der Waals surface area (Å²) < 4.78 is 9.57. The Morgan fingerprint density at radius 1 is 0.533 bits per heavy atom. The number of rotatable bonds is 7. The van der Waals surface area contributed by atoms with E-state index in [0.717, 1.165) is 61.2 Å². The minimum Gasteiger partial charge on any atom is -0.501 e. The summed E-state index contributed by atoms with van der Waals surface area (Å²) in [5.41, 5.74) is 20.5. The Hall–Kier alpha value is -6.39. The number of fused-ring (bicyclic) bond motifs is 4. The van der Waals surface area contributed by atoms with Gasteiger partial charge >= 0.3 is 0 Å². The minimum absolute atomic E-state index is 0. The number of imidazole rings is 1. The molecule has 10 rings (SSSR count). The van der Waals surface area contributed by atoms with Crippen LogP contribution in [-0.2, 0) is 41.8 Å². The van der Waals surface area contributed by atoms with Crippen molar-refractivity contribution in [3.8, 4) is 50.6 Å². The van der Waals surface area contributed by atoms with E-state index in [0.29, 0.717) is 0 Å². The Bertz CT molecular complexity index is 3580. The van der Waals surface area contributed by atoms with Crippen LogP contribution in [0.25, 0.3) is 83.6 Å². The van der Waals surface area contributed by atoms with Crippen LogP contribution in [0.15, 0.2) is 156 Å². The van der Waals surface area contributed by atoms with Crippen molar-refractivity contribution in [1.82, 2.24) is 14.5 Å². The Labute approximate surface area is 461 Å². The molecule has 0 amide bonds. The third kappa shape index (κ3) is 11.3. The fraction of sp³-hybridized carbons (Fsp3) is 0.314. The Morgan fingerprint density at radius 3 is 1.72 bits per heavy atom. The first-order valence-electron chi connectivity index (χ1n) is 26.6. The van der Waals surface area contributed by atoms with Crippen molar-refractivity contribution in [3.05, 3.63) is 197 Å². The van der Waals surface area contributed by atoms with E-state index in [9.17, 15) is 0 Å². The maximum atomic E-state index is 7.17. The zero-order valence-corrected chi connectivity index (χ0v) is 49.6. The van der Waals surface area contributed by atoms with Crippen LogP contribution in [0.4, 0.5) is 0 Å². The number of hydrogen-bond donors (Lipinski definition) is 0. The second kappa shape index (κ2) is 21.0. The standard InChI is InChI=1S/C55H59N2O.C15H16N.Ir/c1-33(2)43-29-38(35-19-15-14-16-20-35)30-44(34(3)4)50(43)57-47-22-18-17-21-46(47)56-52(57)42-25-26-45(55(11,12)13)49-41-24-23-36(31-48(41)58-51(42)49)37-27-39(53(5,6)7)32-40(28-37)54(8,9)10;1-15(2,3)13-9-10-16-14(11-13)12-7-5-4-6-8-12;/h14-24,26-34H,1-13H3;4-7,9-11H,1-3H3;/q2*-1;. The summed E-state index contributed by atoms with van der Waals surface area (Å²) in [6.07, 6.45) is 1.87. The van der Waals surface area contributed by atoms with Crippen molar-refractivity contribution >= 4 is 33.0 Å². The number of aromatic nitrogens is 3. The summed E-state index contributed by atoms with van der Waals surface area (Å²) in [6.45, 7) is 36.5. The minimum atomic E-state index is -0.144. The van der Waals surface area contributed by atoms with Gasteiger partial charge < -0.3 is 14.0 Å². The largest absolute Gasteiger partial charge is 0.501 e. The summed E-state index contributed by atoms with van der Waals surface area (Å²) in [7, 11) is 0. The molecular formula is C70H75IrN3O-2. The molecule has 0 atom stereocenters. The monoisotopic (exact) mass is 1170 g/mol. The molecule has 7 aromatic carbocycles. The molecule has 0 N–H and O–H groups in total. The van der Waals surface area contributed by atoms with Gasteiger partial charge in [0.05, 0.1) is 22.4 Å². The van der Waals surface area contributed by atoms with Crippen molar-refractivity contribution in [2.45, 2.75) is 144 Å². The van der Waals surface area contributed by atoms with Crippen LogP contribution >= 0.6 is 0 Å². The Kier molecular flexibility index (Phi) is 15.3. The van der Waals surface area contributed by atoms with E-state index in [2.05, 4.69) is 254 Å². The molecular weight excluding hydrogens is 1090 g/mol. The molecule has 75 heavy (non-hydrogen) atoms. The number of nitrogens with zero attached hydrogens (tertiary/aromatic N) is 3. The van der Waals surface area contributed by atoms with Crippen molar-refractivity contribution < 1.29 is 24.5 Å². The molecule has 0 saturated heterocycles. The van der Waals surface area contributed by atoms with Crippen LogP contribution < -0.4 is 0 Å². The van der Waals surface area contributed by atoms with E-state index in [1.54, 1.807) is 0 Å². The summed E-state index contributed by atoms with van der Waals surface area (Å²) >= 11 is 0. The predicted octanol–water partition coefficient (Wildman–Crippen LogP) is 19.7. The molecule has 0 aliphatic rings. The predicted molar refractivity (Wildman–Crippen MR) is 315 cm³/mol. The van der Waals surface area contributed by atoms with E-state index in [1.165, 1.54) is 55.8 Å². The van der Waals surface area contributed by atoms with E-state index in [4.69, 9.17) is 9.40 Å². The van der Waals surface area contributed by atoms with Crippen molar-refractivity contribution in [3.63, 3.8) is 0 Å².